The van der Waals surface area contributed by atoms with Gasteiger partial charge in [-0.05, 0) is 31.0 Å². The fraction of sp³-hybridized carbons (Fsp3) is 0.222. The third-order valence-corrected chi connectivity index (χ3v) is 3.29. The van der Waals surface area contributed by atoms with Gasteiger partial charge >= 0.3 is 5.97 Å². The maximum atomic E-state index is 12.3. The second-order valence-electron chi connectivity index (χ2n) is 4.78. The van der Waals surface area contributed by atoms with Crippen molar-refractivity contribution in [1.82, 2.24) is 0 Å². The molecule has 0 bridgehead atoms. The van der Waals surface area contributed by atoms with Crippen LogP contribution in [-0.2, 0) is 9.53 Å². The minimum absolute atomic E-state index is 0.216. The lowest BCUT2D eigenvalue weighted by Gasteiger charge is -2.10. The summed E-state index contributed by atoms with van der Waals surface area (Å²) in [6.45, 7) is 3.58. The number of hydrogen-bond acceptors (Lipinski definition) is 3. The summed E-state index contributed by atoms with van der Waals surface area (Å²) in [6, 6.07) is 17.1. The van der Waals surface area contributed by atoms with Crippen molar-refractivity contribution >= 4 is 11.8 Å². The van der Waals surface area contributed by atoms with Crippen molar-refractivity contribution in [2.75, 3.05) is 6.61 Å². The van der Waals surface area contributed by atoms with Gasteiger partial charge in [0.05, 0.1) is 6.61 Å². The first-order chi connectivity index (χ1) is 10.1. The fourth-order valence-corrected chi connectivity index (χ4v) is 2.11. The lowest BCUT2D eigenvalue weighted by molar-refractivity contribution is -0.145. The molecule has 0 heterocycles. The zero-order chi connectivity index (χ0) is 15.2. The molecule has 0 radical (unpaired) electrons. The molecule has 3 heteroatoms. The molecule has 0 aromatic heterocycles. The van der Waals surface area contributed by atoms with Gasteiger partial charge in [-0.15, -0.1) is 0 Å². The molecule has 0 aliphatic heterocycles. The molecule has 0 saturated heterocycles. The predicted molar refractivity (Wildman–Crippen MR) is 82.0 cm³/mol. The van der Waals surface area contributed by atoms with Gasteiger partial charge in [0, 0.05) is 5.56 Å². The van der Waals surface area contributed by atoms with Gasteiger partial charge in [0.2, 0.25) is 0 Å². The number of ether oxygens (including phenoxy) is 1. The molecule has 0 spiro atoms. The molecule has 108 valence electrons. The van der Waals surface area contributed by atoms with Crippen LogP contribution in [0.2, 0.25) is 0 Å². The molecule has 1 unspecified atom stereocenters. The van der Waals surface area contributed by atoms with E-state index in [9.17, 15) is 9.59 Å². The molecule has 3 nitrogen and oxygen atoms in total. The summed E-state index contributed by atoms with van der Waals surface area (Å²) in [5, 5.41) is 0. The highest BCUT2D eigenvalue weighted by Crippen LogP contribution is 2.21. The largest absolute Gasteiger partial charge is 0.465 e. The van der Waals surface area contributed by atoms with Crippen molar-refractivity contribution in [1.29, 1.82) is 0 Å². The summed E-state index contributed by atoms with van der Waals surface area (Å²) in [6.07, 6.45) is 0. The van der Waals surface area contributed by atoms with Crippen LogP contribution in [-0.4, -0.2) is 18.4 Å². The molecule has 0 aliphatic rings. The monoisotopic (exact) mass is 282 g/mol. The molecule has 0 aliphatic carbocycles. The lowest BCUT2D eigenvalue weighted by atomic mass is 9.96. The van der Waals surface area contributed by atoms with Gasteiger partial charge < -0.3 is 4.74 Å². The zero-order valence-corrected chi connectivity index (χ0v) is 12.2. The van der Waals surface area contributed by atoms with Crippen molar-refractivity contribution in [3.05, 3.63) is 60.2 Å². The van der Waals surface area contributed by atoms with Crippen molar-refractivity contribution in [2.45, 2.75) is 13.8 Å². The Hall–Kier alpha value is -2.42. The van der Waals surface area contributed by atoms with Crippen molar-refractivity contribution in [3.63, 3.8) is 0 Å². The highest BCUT2D eigenvalue weighted by atomic mass is 16.5. The van der Waals surface area contributed by atoms with Crippen LogP contribution in [0.4, 0.5) is 0 Å². The average Bonchev–Trinajstić information content (AvgIpc) is 2.54. The van der Waals surface area contributed by atoms with Crippen LogP contribution in [0.1, 0.15) is 24.2 Å². The molecule has 0 fully saturated rings. The molecular formula is C18H18O3. The molecule has 2 rings (SSSR count). The van der Waals surface area contributed by atoms with Gasteiger partial charge in [-0.1, -0.05) is 48.5 Å². The Morgan fingerprint density at radius 2 is 1.67 bits per heavy atom. The summed E-state index contributed by atoms with van der Waals surface area (Å²) in [5.74, 6) is -1.48. The first-order valence-electron chi connectivity index (χ1n) is 6.99. The topological polar surface area (TPSA) is 43.4 Å². The molecule has 0 N–H and O–H groups in total. The molecule has 2 aromatic rings. The van der Waals surface area contributed by atoms with E-state index in [0.29, 0.717) is 5.56 Å². The van der Waals surface area contributed by atoms with E-state index in [1.807, 2.05) is 48.5 Å². The Balaban J connectivity index is 2.25. The van der Waals surface area contributed by atoms with Gasteiger partial charge in [-0.2, -0.15) is 0 Å². The SMILES string of the molecule is CCOC(=O)C(C)C(=O)c1cccc(-c2ccccc2)c1. The van der Waals surface area contributed by atoms with Gasteiger partial charge in [0.1, 0.15) is 5.92 Å². The third-order valence-electron chi connectivity index (χ3n) is 3.29. The summed E-state index contributed by atoms with van der Waals surface area (Å²) >= 11 is 0. The molecule has 21 heavy (non-hydrogen) atoms. The minimum Gasteiger partial charge on any atom is -0.465 e. The fourth-order valence-electron chi connectivity index (χ4n) is 2.11. The molecular weight excluding hydrogens is 264 g/mol. The highest BCUT2D eigenvalue weighted by molar-refractivity contribution is 6.08. The first-order valence-corrected chi connectivity index (χ1v) is 6.99. The van der Waals surface area contributed by atoms with Crippen LogP contribution in [0.3, 0.4) is 0 Å². The van der Waals surface area contributed by atoms with Crippen LogP contribution < -0.4 is 0 Å². The maximum absolute atomic E-state index is 12.3. The van der Waals surface area contributed by atoms with E-state index in [1.165, 1.54) is 0 Å². The summed E-state index contributed by atoms with van der Waals surface area (Å²) in [7, 11) is 0. The quantitative estimate of drug-likeness (QED) is 0.477. The Morgan fingerprint density at radius 3 is 2.33 bits per heavy atom. The minimum atomic E-state index is -0.782. The molecule has 0 saturated carbocycles. The van der Waals surface area contributed by atoms with Crippen LogP contribution in [0.15, 0.2) is 54.6 Å². The molecule has 0 amide bonds. The van der Waals surface area contributed by atoms with Crippen LogP contribution in [0.25, 0.3) is 11.1 Å². The van der Waals surface area contributed by atoms with Gasteiger partial charge in [-0.25, -0.2) is 0 Å². The van der Waals surface area contributed by atoms with Crippen LogP contribution in [0, 0.1) is 5.92 Å². The second-order valence-corrected chi connectivity index (χ2v) is 4.78. The molecule has 1 atom stereocenters. The van der Waals surface area contributed by atoms with Crippen molar-refractivity contribution in [2.24, 2.45) is 5.92 Å². The normalized spacial score (nSPS) is 11.7. The number of rotatable bonds is 5. The average molecular weight is 282 g/mol. The Bertz CT molecular complexity index is 632. The van der Waals surface area contributed by atoms with E-state index in [4.69, 9.17) is 4.74 Å². The van der Waals surface area contributed by atoms with E-state index in [2.05, 4.69) is 0 Å². The van der Waals surface area contributed by atoms with E-state index < -0.39 is 11.9 Å². The Labute approximate surface area is 124 Å². The molecule has 2 aromatic carbocycles. The number of Topliss-reactive ketones (excluding diaryl/α,β-unsaturated/α-hetero) is 1. The van der Waals surface area contributed by atoms with E-state index in [-0.39, 0.29) is 12.4 Å². The Kier molecular flexibility index (Phi) is 4.88. The third kappa shape index (κ3) is 3.57. The summed E-state index contributed by atoms with van der Waals surface area (Å²) in [5.41, 5.74) is 2.52. The standard InChI is InChI=1S/C18H18O3/c1-3-21-18(20)13(2)17(19)16-11-7-10-15(12-16)14-8-5-4-6-9-14/h4-13H,3H2,1-2H3. The van der Waals surface area contributed by atoms with E-state index in [1.54, 1.807) is 19.9 Å². The van der Waals surface area contributed by atoms with Crippen LogP contribution in [0.5, 0.6) is 0 Å². The van der Waals surface area contributed by atoms with Gasteiger partial charge in [-0.3, -0.25) is 9.59 Å². The lowest BCUT2D eigenvalue weighted by Crippen LogP contribution is -2.23. The predicted octanol–water partition coefficient (Wildman–Crippen LogP) is 3.74. The number of hydrogen-bond donors (Lipinski definition) is 0. The number of carbonyl (C=O) groups is 2. The first kappa shape index (κ1) is 15.0. The summed E-state index contributed by atoms with van der Waals surface area (Å²) in [4.78, 5) is 24.0. The zero-order valence-electron chi connectivity index (χ0n) is 12.2. The number of esters is 1. The van der Waals surface area contributed by atoms with Crippen molar-refractivity contribution < 1.29 is 14.3 Å². The van der Waals surface area contributed by atoms with Crippen LogP contribution >= 0.6 is 0 Å². The Morgan fingerprint density at radius 1 is 1.00 bits per heavy atom. The number of ketones is 1. The smallest absolute Gasteiger partial charge is 0.316 e. The van der Waals surface area contributed by atoms with Gasteiger partial charge in [0.25, 0.3) is 0 Å². The van der Waals surface area contributed by atoms with Crippen molar-refractivity contribution in [3.8, 4) is 11.1 Å². The number of carbonyl (C=O) groups excluding carboxylic acids is 2. The maximum Gasteiger partial charge on any atom is 0.316 e. The van der Waals surface area contributed by atoms with E-state index in [0.717, 1.165) is 11.1 Å². The van der Waals surface area contributed by atoms with E-state index >= 15 is 0 Å². The highest BCUT2D eigenvalue weighted by Gasteiger charge is 2.24. The van der Waals surface area contributed by atoms with Gasteiger partial charge in [0.15, 0.2) is 5.78 Å². The second kappa shape index (κ2) is 6.84. The number of benzene rings is 2. The summed E-state index contributed by atoms with van der Waals surface area (Å²) < 4.78 is 4.90.